The van der Waals surface area contributed by atoms with E-state index in [9.17, 15) is 0 Å². The van der Waals surface area contributed by atoms with Crippen molar-refractivity contribution in [3.8, 4) is 11.1 Å². The maximum Gasteiger partial charge on any atom is 0.161 e. The molecule has 0 radical (unpaired) electrons. The molecule has 0 amide bonds. The van der Waals surface area contributed by atoms with Crippen LogP contribution >= 0.6 is 23.2 Å². The van der Waals surface area contributed by atoms with E-state index >= 15 is 0 Å². The second-order valence-electron chi connectivity index (χ2n) is 4.69. The van der Waals surface area contributed by atoms with Crippen LogP contribution in [0, 0.1) is 6.92 Å². The van der Waals surface area contributed by atoms with Crippen molar-refractivity contribution < 1.29 is 0 Å². The Hall–Kier alpha value is -1.58. The summed E-state index contributed by atoms with van der Waals surface area (Å²) in [5, 5.41) is 5.19. The summed E-state index contributed by atoms with van der Waals surface area (Å²) in [7, 11) is 0. The summed E-state index contributed by atoms with van der Waals surface area (Å²) in [5.41, 5.74) is 4.59. The van der Waals surface area contributed by atoms with E-state index < -0.39 is 0 Å². The highest BCUT2D eigenvalue weighted by atomic mass is 35.5. The van der Waals surface area contributed by atoms with E-state index in [0.717, 1.165) is 23.2 Å². The number of nitrogens with zero attached hydrogens (tertiary/aromatic N) is 3. The van der Waals surface area contributed by atoms with Gasteiger partial charge in [-0.2, -0.15) is 5.10 Å². The van der Waals surface area contributed by atoms with Gasteiger partial charge in [0.25, 0.3) is 0 Å². The molecule has 2 heterocycles. The number of aryl methyl sites for hydroxylation is 2. The monoisotopic (exact) mass is 305 g/mol. The fraction of sp³-hybridized carbons (Fsp3) is 0.200. The molecule has 0 saturated carbocycles. The normalized spacial score (nSPS) is 11.2. The molecule has 0 aliphatic heterocycles. The summed E-state index contributed by atoms with van der Waals surface area (Å²) in [4.78, 5) is 4.45. The lowest BCUT2D eigenvalue weighted by atomic mass is 10.1. The minimum Gasteiger partial charge on any atom is -0.216 e. The number of rotatable bonds is 2. The Bertz CT molecular complexity index is 776. The van der Waals surface area contributed by atoms with Crippen molar-refractivity contribution in [1.82, 2.24) is 14.6 Å². The molecule has 3 rings (SSSR count). The first-order valence-electron chi connectivity index (χ1n) is 6.40. The summed E-state index contributed by atoms with van der Waals surface area (Å²) in [6, 6.07) is 8.01. The van der Waals surface area contributed by atoms with Gasteiger partial charge in [0.1, 0.15) is 10.3 Å². The second-order valence-corrected chi connectivity index (χ2v) is 5.41. The van der Waals surface area contributed by atoms with Crippen LogP contribution in [-0.2, 0) is 6.42 Å². The third-order valence-electron chi connectivity index (χ3n) is 3.34. The van der Waals surface area contributed by atoms with Crippen LogP contribution in [0.5, 0.6) is 0 Å². The average molecular weight is 306 g/mol. The number of benzene rings is 1. The number of hydrogen-bond acceptors (Lipinski definition) is 2. The fourth-order valence-electron chi connectivity index (χ4n) is 2.19. The molecule has 0 unspecified atom stereocenters. The third-order valence-corrected chi connectivity index (χ3v) is 3.96. The molecule has 2 aromatic heterocycles. The highest BCUT2D eigenvalue weighted by Gasteiger charge is 2.16. The van der Waals surface area contributed by atoms with Gasteiger partial charge in [-0.15, -0.1) is 0 Å². The Kier molecular flexibility index (Phi) is 3.40. The van der Waals surface area contributed by atoms with Crippen molar-refractivity contribution in [1.29, 1.82) is 0 Å². The fourth-order valence-corrected chi connectivity index (χ4v) is 2.84. The summed E-state index contributed by atoms with van der Waals surface area (Å²) >= 11 is 12.8. The van der Waals surface area contributed by atoms with Gasteiger partial charge in [0, 0.05) is 5.56 Å². The van der Waals surface area contributed by atoms with E-state index in [1.165, 1.54) is 5.56 Å². The molecule has 0 atom stereocenters. The Morgan fingerprint density at radius 2 is 1.85 bits per heavy atom. The van der Waals surface area contributed by atoms with Crippen LogP contribution in [0.15, 0.2) is 30.5 Å². The first-order valence-corrected chi connectivity index (χ1v) is 7.16. The molecule has 102 valence electrons. The predicted octanol–water partition coefficient (Wildman–Crippen LogP) is 4.57. The van der Waals surface area contributed by atoms with Crippen molar-refractivity contribution in [2.24, 2.45) is 0 Å². The van der Waals surface area contributed by atoms with Crippen molar-refractivity contribution in [2.45, 2.75) is 20.3 Å². The third kappa shape index (κ3) is 2.07. The lowest BCUT2D eigenvalue weighted by molar-refractivity contribution is 0.942. The van der Waals surface area contributed by atoms with E-state index in [1.54, 1.807) is 10.7 Å². The standard InChI is InChI=1S/C15H13Cl2N3/c1-3-10-8-18-20-14(17)12(13(16)19-15(10)20)11-6-4-9(2)5-7-11/h4-8H,3H2,1-2H3. The molecular formula is C15H13Cl2N3. The van der Waals surface area contributed by atoms with Crippen molar-refractivity contribution in [2.75, 3.05) is 0 Å². The molecule has 0 bridgehead atoms. The molecule has 1 aromatic carbocycles. The minimum atomic E-state index is 0.404. The Balaban J connectivity index is 2.28. The van der Waals surface area contributed by atoms with E-state index in [-0.39, 0.29) is 0 Å². The highest BCUT2D eigenvalue weighted by Crippen LogP contribution is 2.34. The van der Waals surface area contributed by atoms with Gasteiger partial charge in [0.15, 0.2) is 5.65 Å². The quantitative estimate of drug-likeness (QED) is 0.649. The zero-order valence-electron chi connectivity index (χ0n) is 11.2. The Labute approximate surface area is 127 Å². The first-order chi connectivity index (χ1) is 9.61. The van der Waals surface area contributed by atoms with Crippen LogP contribution in [0.3, 0.4) is 0 Å². The Morgan fingerprint density at radius 1 is 1.15 bits per heavy atom. The minimum absolute atomic E-state index is 0.404. The van der Waals surface area contributed by atoms with Gasteiger partial charge in [-0.3, -0.25) is 0 Å². The molecule has 5 heteroatoms. The van der Waals surface area contributed by atoms with E-state index in [2.05, 4.69) is 10.1 Å². The van der Waals surface area contributed by atoms with Gasteiger partial charge >= 0.3 is 0 Å². The maximum absolute atomic E-state index is 6.47. The van der Waals surface area contributed by atoms with Crippen LogP contribution in [0.25, 0.3) is 16.8 Å². The van der Waals surface area contributed by atoms with Crippen LogP contribution < -0.4 is 0 Å². The van der Waals surface area contributed by atoms with Crippen LogP contribution in [0.4, 0.5) is 0 Å². The lowest BCUT2D eigenvalue weighted by Gasteiger charge is -2.09. The smallest absolute Gasteiger partial charge is 0.161 e. The van der Waals surface area contributed by atoms with E-state index in [4.69, 9.17) is 23.2 Å². The molecule has 0 aliphatic carbocycles. The Morgan fingerprint density at radius 3 is 2.50 bits per heavy atom. The molecule has 3 nitrogen and oxygen atoms in total. The van der Waals surface area contributed by atoms with E-state index in [0.29, 0.717) is 15.9 Å². The zero-order chi connectivity index (χ0) is 14.3. The van der Waals surface area contributed by atoms with Gasteiger partial charge in [-0.1, -0.05) is 60.0 Å². The van der Waals surface area contributed by atoms with Crippen molar-refractivity contribution >= 4 is 28.8 Å². The molecule has 0 spiro atoms. The summed E-state index contributed by atoms with van der Waals surface area (Å²) in [5.74, 6) is 0. The van der Waals surface area contributed by atoms with Crippen molar-refractivity contribution in [3.63, 3.8) is 0 Å². The zero-order valence-corrected chi connectivity index (χ0v) is 12.7. The van der Waals surface area contributed by atoms with Gasteiger partial charge in [-0.25, -0.2) is 9.50 Å². The summed E-state index contributed by atoms with van der Waals surface area (Å²) in [6.07, 6.45) is 2.62. The molecular weight excluding hydrogens is 293 g/mol. The largest absolute Gasteiger partial charge is 0.216 e. The molecule has 0 fully saturated rings. The first kappa shape index (κ1) is 13.4. The second kappa shape index (κ2) is 5.08. The number of hydrogen-bond donors (Lipinski definition) is 0. The number of halogens is 2. The average Bonchev–Trinajstić information content (AvgIpc) is 2.84. The van der Waals surface area contributed by atoms with Crippen molar-refractivity contribution in [3.05, 3.63) is 51.9 Å². The molecule has 0 saturated heterocycles. The molecule has 0 aliphatic rings. The van der Waals surface area contributed by atoms with Gasteiger partial charge in [-0.05, 0) is 18.9 Å². The van der Waals surface area contributed by atoms with Gasteiger partial charge in [0.2, 0.25) is 0 Å². The maximum atomic E-state index is 6.47. The van der Waals surface area contributed by atoms with E-state index in [1.807, 2.05) is 38.1 Å². The number of aromatic nitrogens is 3. The molecule has 0 N–H and O–H groups in total. The number of fused-ring (bicyclic) bond motifs is 1. The SMILES string of the molecule is CCc1cnn2c(Cl)c(-c3ccc(C)cc3)c(Cl)nc12. The van der Waals surface area contributed by atoms with Crippen LogP contribution in [-0.4, -0.2) is 14.6 Å². The summed E-state index contributed by atoms with van der Waals surface area (Å²) in [6.45, 7) is 4.09. The van der Waals surface area contributed by atoms with Crippen LogP contribution in [0.2, 0.25) is 10.3 Å². The van der Waals surface area contributed by atoms with Crippen LogP contribution in [0.1, 0.15) is 18.1 Å². The predicted molar refractivity (Wildman–Crippen MR) is 82.6 cm³/mol. The lowest BCUT2D eigenvalue weighted by Crippen LogP contribution is -1.98. The topological polar surface area (TPSA) is 30.2 Å². The van der Waals surface area contributed by atoms with Gasteiger partial charge < -0.3 is 0 Å². The summed E-state index contributed by atoms with van der Waals surface area (Å²) < 4.78 is 1.64. The highest BCUT2D eigenvalue weighted by molar-refractivity contribution is 6.38. The molecule has 20 heavy (non-hydrogen) atoms. The molecule has 3 aromatic rings. The van der Waals surface area contributed by atoms with Gasteiger partial charge in [0.05, 0.1) is 11.8 Å².